The summed E-state index contributed by atoms with van der Waals surface area (Å²) in [6, 6.07) is 19.5. The van der Waals surface area contributed by atoms with Gasteiger partial charge in [-0.15, -0.1) is 0 Å². The Balaban J connectivity index is 1.96. The molecule has 0 bridgehead atoms. The van der Waals surface area contributed by atoms with E-state index in [1.807, 2.05) is 63.2 Å². The van der Waals surface area contributed by atoms with Crippen LogP contribution in [0.2, 0.25) is 10.0 Å². The molecule has 0 aromatic heterocycles. The molecule has 0 aliphatic heterocycles. The summed E-state index contributed by atoms with van der Waals surface area (Å²) in [7, 11) is 0. The maximum absolute atomic E-state index is 13.7. The smallest absolute Gasteiger partial charge is 0.261 e. The fourth-order valence-corrected chi connectivity index (χ4v) is 4.55. The minimum absolute atomic E-state index is 0.0476. The van der Waals surface area contributed by atoms with E-state index in [0.717, 1.165) is 22.0 Å². The molecule has 2 unspecified atom stereocenters. The number of hydrogen-bond acceptors (Lipinski definition) is 3. The van der Waals surface area contributed by atoms with Gasteiger partial charge in [-0.25, -0.2) is 0 Å². The highest BCUT2D eigenvalue weighted by molar-refractivity contribution is 9.10. The highest BCUT2D eigenvalue weighted by atomic mass is 79.9. The average Bonchev–Trinajstić information content (AvgIpc) is 2.88. The number of amides is 2. The molecule has 196 valence electrons. The summed E-state index contributed by atoms with van der Waals surface area (Å²) in [6.45, 7) is 5.70. The lowest BCUT2D eigenvalue weighted by atomic mass is 10.0. The highest BCUT2D eigenvalue weighted by Gasteiger charge is 2.32. The number of aryl methyl sites for hydroxylation is 1. The summed E-state index contributed by atoms with van der Waals surface area (Å²) in [4.78, 5) is 28.8. The Kier molecular flexibility index (Phi) is 10.9. The molecule has 5 nitrogen and oxygen atoms in total. The van der Waals surface area contributed by atoms with Crippen LogP contribution >= 0.6 is 39.1 Å². The summed E-state index contributed by atoms with van der Waals surface area (Å²) in [5, 5.41) is 3.90. The zero-order valence-electron chi connectivity index (χ0n) is 21.1. The van der Waals surface area contributed by atoms with Gasteiger partial charge in [0, 0.05) is 39.1 Å². The second kappa shape index (κ2) is 13.8. The van der Waals surface area contributed by atoms with Crippen LogP contribution in [0.5, 0.6) is 5.75 Å². The van der Waals surface area contributed by atoms with Crippen molar-refractivity contribution >= 4 is 50.9 Å². The number of nitrogens with one attached hydrogen (secondary N) is 1. The Bertz CT molecular complexity index is 1200. The van der Waals surface area contributed by atoms with Gasteiger partial charge in [0.1, 0.15) is 11.8 Å². The SMILES string of the molecule is CCC(C)NC(=O)C(Cc1ccccc1)N(Cc1c(Cl)cccc1Cl)C(=O)COc1ccc(Br)c(C)c1. The number of halogens is 3. The van der Waals surface area contributed by atoms with Gasteiger partial charge in [0.05, 0.1) is 0 Å². The lowest BCUT2D eigenvalue weighted by molar-refractivity contribution is -0.143. The third-order valence-electron chi connectivity index (χ3n) is 6.15. The summed E-state index contributed by atoms with van der Waals surface area (Å²) >= 11 is 16.4. The molecule has 3 aromatic carbocycles. The van der Waals surface area contributed by atoms with Crippen molar-refractivity contribution < 1.29 is 14.3 Å². The number of hydrogen-bond donors (Lipinski definition) is 1. The van der Waals surface area contributed by atoms with Crippen molar-refractivity contribution in [2.45, 2.75) is 52.2 Å². The molecule has 3 rings (SSSR count). The van der Waals surface area contributed by atoms with Crippen LogP contribution in [0.4, 0.5) is 0 Å². The zero-order chi connectivity index (χ0) is 26.9. The molecule has 0 heterocycles. The molecule has 0 aliphatic carbocycles. The predicted octanol–water partition coefficient (Wildman–Crippen LogP) is 7.00. The molecule has 0 aliphatic rings. The Hall–Kier alpha value is -2.54. The number of rotatable bonds is 11. The van der Waals surface area contributed by atoms with Gasteiger partial charge in [-0.2, -0.15) is 0 Å². The Morgan fingerprint density at radius 1 is 1.03 bits per heavy atom. The van der Waals surface area contributed by atoms with E-state index in [2.05, 4.69) is 21.2 Å². The number of ether oxygens (including phenoxy) is 1. The topological polar surface area (TPSA) is 58.6 Å². The Labute approximate surface area is 237 Å². The third kappa shape index (κ3) is 8.22. The van der Waals surface area contributed by atoms with Crippen molar-refractivity contribution in [2.75, 3.05) is 6.61 Å². The lowest BCUT2D eigenvalue weighted by Gasteiger charge is -2.32. The molecule has 0 saturated carbocycles. The van der Waals surface area contributed by atoms with Crippen LogP contribution in [0, 0.1) is 6.92 Å². The van der Waals surface area contributed by atoms with E-state index in [9.17, 15) is 9.59 Å². The minimum atomic E-state index is -0.800. The predicted molar refractivity (Wildman–Crippen MR) is 153 cm³/mol. The first kappa shape index (κ1) is 29.0. The van der Waals surface area contributed by atoms with Gasteiger partial charge in [-0.05, 0) is 61.7 Å². The first-order valence-electron chi connectivity index (χ1n) is 12.1. The normalized spacial score (nSPS) is 12.5. The van der Waals surface area contributed by atoms with Gasteiger partial charge in [0.15, 0.2) is 6.61 Å². The largest absolute Gasteiger partial charge is 0.484 e. The minimum Gasteiger partial charge on any atom is -0.484 e. The fraction of sp³-hybridized carbons (Fsp3) is 0.310. The summed E-state index contributed by atoms with van der Waals surface area (Å²) in [5.74, 6) is -0.0283. The van der Waals surface area contributed by atoms with Crippen molar-refractivity contribution in [2.24, 2.45) is 0 Å². The van der Waals surface area contributed by atoms with Gasteiger partial charge < -0.3 is 15.0 Å². The number of carbonyl (C=O) groups excluding carboxylic acids is 2. The van der Waals surface area contributed by atoms with Gasteiger partial charge in [0.2, 0.25) is 5.91 Å². The van der Waals surface area contributed by atoms with Crippen molar-refractivity contribution in [3.05, 3.63) is 97.9 Å². The van der Waals surface area contributed by atoms with Gasteiger partial charge in [0.25, 0.3) is 5.91 Å². The van der Waals surface area contributed by atoms with Crippen LogP contribution < -0.4 is 10.1 Å². The van der Waals surface area contributed by atoms with Crippen molar-refractivity contribution in [1.29, 1.82) is 0 Å². The molecular formula is C29H31BrCl2N2O3. The number of benzene rings is 3. The van der Waals surface area contributed by atoms with E-state index >= 15 is 0 Å². The van der Waals surface area contributed by atoms with Crippen LogP contribution in [-0.4, -0.2) is 35.4 Å². The van der Waals surface area contributed by atoms with E-state index in [1.54, 1.807) is 24.3 Å². The zero-order valence-corrected chi connectivity index (χ0v) is 24.2. The monoisotopic (exact) mass is 604 g/mol. The van der Waals surface area contributed by atoms with Gasteiger partial charge in [-0.1, -0.05) is 82.5 Å². The standard InChI is InChI=1S/C29H31BrCl2N2O3/c1-4-20(3)33-29(36)27(16-21-9-6-5-7-10-21)34(17-23-25(31)11-8-12-26(23)32)28(35)18-37-22-13-14-24(30)19(2)15-22/h5-15,20,27H,4,16-18H2,1-3H3,(H,33,36). The van der Waals surface area contributed by atoms with Crippen LogP contribution in [0.3, 0.4) is 0 Å². The number of carbonyl (C=O) groups is 2. The van der Waals surface area contributed by atoms with E-state index in [1.165, 1.54) is 4.90 Å². The molecule has 8 heteroatoms. The molecule has 3 aromatic rings. The van der Waals surface area contributed by atoms with Crippen LogP contribution in [0.25, 0.3) is 0 Å². The summed E-state index contributed by atoms with van der Waals surface area (Å²) < 4.78 is 6.81. The molecule has 2 amide bonds. The maximum Gasteiger partial charge on any atom is 0.261 e. The Morgan fingerprint density at radius 2 is 1.70 bits per heavy atom. The van der Waals surface area contributed by atoms with Crippen molar-refractivity contribution in [3.63, 3.8) is 0 Å². The van der Waals surface area contributed by atoms with E-state index < -0.39 is 6.04 Å². The fourth-order valence-electron chi connectivity index (χ4n) is 3.78. The Morgan fingerprint density at radius 3 is 2.32 bits per heavy atom. The molecule has 0 saturated heterocycles. The second-order valence-electron chi connectivity index (χ2n) is 8.94. The molecule has 1 N–H and O–H groups in total. The van der Waals surface area contributed by atoms with Crippen LogP contribution in [0.1, 0.15) is 37.0 Å². The van der Waals surface area contributed by atoms with Crippen LogP contribution in [-0.2, 0) is 22.6 Å². The van der Waals surface area contributed by atoms with Crippen molar-refractivity contribution in [3.8, 4) is 5.75 Å². The molecule has 0 fully saturated rings. The second-order valence-corrected chi connectivity index (χ2v) is 10.6. The highest BCUT2D eigenvalue weighted by Crippen LogP contribution is 2.28. The summed E-state index contributed by atoms with van der Waals surface area (Å²) in [6.07, 6.45) is 1.09. The first-order chi connectivity index (χ1) is 17.7. The third-order valence-corrected chi connectivity index (χ3v) is 7.75. The molecular weight excluding hydrogens is 575 g/mol. The number of nitrogens with zero attached hydrogens (tertiary/aromatic N) is 1. The van der Waals surface area contributed by atoms with E-state index in [-0.39, 0.29) is 31.0 Å². The molecule has 0 radical (unpaired) electrons. The lowest BCUT2D eigenvalue weighted by Crippen LogP contribution is -2.53. The average molecular weight is 606 g/mol. The first-order valence-corrected chi connectivity index (χ1v) is 13.7. The van der Waals surface area contributed by atoms with Crippen LogP contribution in [0.15, 0.2) is 71.2 Å². The molecule has 0 spiro atoms. The van der Waals surface area contributed by atoms with E-state index in [0.29, 0.717) is 27.8 Å². The van der Waals surface area contributed by atoms with E-state index in [4.69, 9.17) is 27.9 Å². The molecule has 2 atom stereocenters. The van der Waals surface area contributed by atoms with Crippen molar-refractivity contribution in [1.82, 2.24) is 10.2 Å². The van der Waals surface area contributed by atoms with Gasteiger partial charge >= 0.3 is 0 Å². The van der Waals surface area contributed by atoms with Gasteiger partial charge in [-0.3, -0.25) is 9.59 Å². The quantitative estimate of drug-likeness (QED) is 0.256. The summed E-state index contributed by atoms with van der Waals surface area (Å²) in [5.41, 5.74) is 2.49. The molecule has 37 heavy (non-hydrogen) atoms. The maximum atomic E-state index is 13.7.